The molecular weight excluding hydrogens is 430 g/mol. The summed E-state index contributed by atoms with van der Waals surface area (Å²) in [6.07, 6.45) is 0. The van der Waals surface area contributed by atoms with E-state index in [1.165, 1.54) is 32.8 Å². The van der Waals surface area contributed by atoms with Crippen LogP contribution in [-0.2, 0) is 6.54 Å². The number of para-hydroxylation sites is 1. The SMILES string of the molecule is O=C(N=c1sn(-c2ccc(N([O-])O)cc2)c(=O)n1-c1ccccc1)NCc1ccccc1. The van der Waals surface area contributed by atoms with Crippen LogP contribution in [0, 0.1) is 5.21 Å². The Morgan fingerprint density at radius 1 is 0.969 bits per heavy atom. The number of rotatable bonds is 5. The van der Waals surface area contributed by atoms with Gasteiger partial charge in [-0.3, -0.25) is 5.21 Å². The topological polar surface area (TPSA) is 115 Å². The van der Waals surface area contributed by atoms with Gasteiger partial charge in [0.15, 0.2) is 0 Å². The minimum atomic E-state index is -0.579. The lowest BCUT2D eigenvalue weighted by Crippen LogP contribution is -2.29. The summed E-state index contributed by atoms with van der Waals surface area (Å²) in [4.78, 5) is 30.0. The van der Waals surface area contributed by atoms with Crippen molar-refractivity contribution in [3.63, 3.8) is 0 Å². The van der Waals surface area contributed by atoms with Crippen molar-refractivity contribution in [1.82, 2.24) is 13.8 Å². The molecule has 0 saturated carbocycles. The fourth-order valence-corrected chi connectivity index (χ4v) is 3.92. The van der Waals surface area contributed by atoms with E-state index in [0.29, 0.717) is 17.9 Å². The van der Waals surface area contributed by atoms with Crippen molar-refractivity contribution in [1.29, 1.82) is 0 Å². The summed E-state index contributed by atoms with van der Waals surface area (Å²) in [5.41, 5.74) is 1.54. The van der Waals surface area contributed by atoms with Crippen LogP contribution in [0.4, 0.5) is 10.5 Å². The normalized spacial score (nSPS) is 11.4. The largest absolute Gasteiger partial charge is 0.733 e. The number of amides is 2. The summed E-state index contributed by atoms with van der Waals surface area (Å²) in [5.74, 6) is 0. The number of hydrogen-bond acceptors (Lipinski definition) is 6. The van der Waals surface area contributed by atoms with E-state index in [4.69, 9.17) is 5.21 Å². The molecule has 1 aromatic heterocycles. The maximum Gasteiger partial charge on any atom is 0.349 e. The molecule has 0 aliphatic rings. The summed E-state index contributed by atoms with van der Waals surface area (Å²) in [5, 5.41) is 22.5. The maximum absolute atomic E-state index is 13.2. The van der Waals surface area contributed by atoms with Crippen LogP contribution < -0.4 is 21.0 Å². The van der Waals surface area contributed by atoms with Gasteiger partial charge >= 0.3 is 11.7 Å². The van der Waals surface area contributed by atoms with Crippen molar-refractivity contribution in [3.8, 4) is 11.4 Å². The van der Waals surface area contributed by atoms with Crippen LogP contribution in [0.1, 0.15) is 5.56 Å². The first-order valence-corrected chi connectivity index (χ1v) is 10.3. The monoisotopic (exact) mass is 448 g/mol. The van der Waals surface area contributed by atoms with Gasteiger partial charge in [-0.15, -0.1) is 0 Å². The van der Waals surface area contributed by atoms with Crippen molar-refractivity contribution in [2.24, 2.45) is 4.99 Å². The molecule has 1 heterocycles. The number of carbonyl (C=O) groups is 1. The molecule has 0 radical (unpaired) electrons. The third kappa shape index (κ3) is 4.67. The average molecular weight is 448 g/mol. The average Bonchev–Trinajstić information content (AvgIpc) is 3.14. The van der Waals surface area contributed by atoms with Crippen LogP contribution in [-0.4, -0.2) is 19.8 Å². The molecular formula is C22H18N5O4S-. The second kappa shape index (κ2) is 9.43. The Morgan fingerprint density at radius 2 is 1.59 bits per heavy atom. The third-order valence-corrected chi connectivity index (χ3v) is 5.52. The molecule has 0 spiro atoms. The number of urea groups is 1. The minimum Gasteiger partial charge on any atom is -0.733 e. The van der Waals surface area contributed by atoms with E-state index in [0.717, 1.165) is 17.1 Å². The van der Waals surface area contributed by atoms with E-state index in [-0.39, 0.29) is 15.7 Å². The Labute approximate surface area is 186 Å². The van der Waals surface area contributed by atoms with E-state index < -0.39 is 11.7 Å². The van der Waals surface area contributed by atoms with Crippen LogP contribution in [0.25, 0.3) is 11.4 Å². The third-order valence-electron chi connectivity index (χ3n) is 4.53. The summed E-state index contributed by atoms with van der Waals surface area (Å²) in [6.45, 7) is 0.304. The first-order chi connectivity index (χ1) is 15.5. The van der Waals surface area contributed by atoms with Gasteiger partial charge in [0.1, 0.15) is 0 Å². The van der Waals surface area contributed by atoms with E-state index in [1.807, 2.05) is 36.4 Å². The van der Waals surface area contributed by atoms with Crippen molar-refractivity contribution < 1.29 is 10.0 Å². The standard InChI is InChI=1S/C22H18N5O4S/c28-20(23-15-16-7-3-1-4-8-16)24-21-25(17-9-5-2-6-10-17)22(29)26(32-21)18-11-13-19(14-12-18)27(30)31/h1-14,30H,15H2,(H,23,28)/q-1. The van der Waals surface area contributed by atoms with Crippen molar-refractivity contribution in [2.45, 2.75) is 6.54 Å². The maximum atomic E-state index is 13.2. The number of carbonyl (C=O) groups excluding carboxylic acids is 1. The first kappa shape index (κ1) is 21.2. The number of aromatic nitrogens is 2. The zero-order valence-electron chi connectivity index (χ0n) is 16.7. The molecule has 10 heteroatoms. The molecule has 0 aliphatic carbocycles. The lowest BCUT2D eigenvalue weighted by atomic mass is 10.2. The van der Waals surface area contributed by atoms with E-state index in [9.17, 15) is 14.8 Å². The Kier molecular flexibility index (Phi) is 6.26. The molecule has 4 rings (SSSR count). The molecule has 3 aromatic carbocycles. The number of hydrogen-bond donors (Lipinski definition) is 2. The van der Waals surface area contributed by atoms with Gasteiger partial charge in [-0.2, -0.15) is 4.99 Å². The van der Waals surface area contributed by atoms with E-state index in [2.05, 4.69) is 10.3 Å². The highest BCUT2D eigenvalue weighted by atomic mass is 32.1. The van der Waals surface area contributed by atoms with Crippen LogP contribution in [0.5, 0.6) is 0 Å². The second-order valence-corrected chi connectivity index (χ2v) is 7.58. The molecule has 2 amide bonds. The van der Waals surface area contributed by atoms with Crippen LogP contribution in [0.2, 0.25) is 0 Å². The molecule has 0 bridgehead atoms. The zero-order valence-corrected chi connectivity index (χ0v) is 17.5. The van der Waals surface area contributed by atoms with Crippen LogP contribution in [0.15, 0.2) is 94.7 Å². The predicted molar refractivity (Wildman–Crippen MR) is 121 cm³/mol. The number of nitrogens with one attached hydrogen (secondary N) is 1. The lowest BCUT2D eigenvalue weighted by molar-refractivity contribution is 0.248. The first-order valence-electron chi connectivity index (χ1n) is 9.57. The Morgan fingerprint density at radius 3 is 2.22 bits per heavy atom. The second-order valence-electron chi connectivity index (χ2n) is 6.67. The van der Waals surface area contributed by atoms with Crippen LogP contribution >= 0.6 is 11.5 Å². The molecule has 0 aliphatic heterocycles. The Balaban J connectivity index is 1.73. The molecule has 0 saturated heterocycles. The molecule has 32 heavy (non-hydrogen) atoms. The highest BCUT2D eigenvalue weighted by Gasteiger charge is 2.13. The van der Waals surface area contributed by atoms with Gasteiger partial charge in [0.2, 0.25) is 4.80 Å². The molecule has 162 valence electrons. The number of benzene rings is 3. The van der Waals surface area contributed by atoms with E-state index >= 15 is 0 Å². The van der Waals surface area contributed by atoms with Gasteiger partial charge in [0.25, 0.3) is 0 Å². The van der Waals surface area contributed by atoms with E-state index in [1.54, 1.807) is 24.3 Å². The smallest absolute Gasteiger partial charge is 0.349 e. The molecule has 2 N–H and O–H groups in total. The summed E-state index contributed by atoms with van der Waals surface area (Å²) >= 11 is 0.984. The quantitative estimate of drug-likeness (QED) is 0.455. The van der Waals surface area contributed by atoms with Gasteiger partial charge in [-0.25, -0.2) is 18.1 Å². The molecule has 9 nitrogen and oxygen atoms in total. The van der Waals surface area contributed by atoms with Crippen LogP contribution in [0.3, 0.4) is 0 Å². The lowest BCUT2D eigenvalue weighted by Gasteiger charge is -2.21. The van der Waals surface area contributed by atoms with Gasteiger partial charge in [-0.05, 0) is 53.5 Å². The summed E-state index contributed by atoms with van der Waals surface area (Å²) in [7, 11) is 0. The van der Waals surface area contributed by atoms with Crippen molar-refractivity contribution >= 4 is 23.3 Å². The Bertz CT molecular complexity index is 1330. The zero-order chi connectivity index (χ0) is 22.5. The number of anilines is 1. The minimum absolute atomic E-state index is 0.0273. The highest BCUT2D eigenvalue weighted by molar-refractivity contribution is 7.03. The molecule has 0 unspecified atom stereocenters. The van der Waals surface area contributed by atoms with Gasteiger partial charge < -0.3 is 15.8 Å². The van der Waals surface area contributed by atoms with Gasteiger partial charge in [0.05, 0.1) is 17.1 Å². The summed E-state index contributed by atoms with van der Waals surface area (Å²) < 4.78 is 2.69. The van der Waals surface area contributed by atoms with Crippen molar-refractivity contribution in [2.75, 3.05) is 5.23 Å². The Hall–Kier alpha value is -3.99. The van der Waals surface area contributed by atoms with Crippen molar-refractivity contribution in [3.05, 3.63) is 111 Å². The van der Waals surface area contributed by atoms with Gasteiger partial charge in [-0.1, -0.05) is 48.5 Å². The molecule has 0 atom stereocenters. The predicted octanol–water partition coefficient (Wildman–Crippen LogP) is 3.19. The van der Waals surface area contributed by atoms with Gasteiger partial charge in [0, 0.05) is 6.54 Å². The number of nitrogens with zero attached hydrogens (tertiary/aromatic N) is 4. The molecule has 0 fully saturated rings. The summed E-state index contributed by atoms with van der Waals surface area (Å²) in [6, 6.07) is 23.5. The highest BCUT2D eigenvalue weighted by Crippen LogP contribution is 2.16. The fourth-order valence-electron chi connectivity index (χ4n) is 2.98. The molecule has 4 aromatic rings. The fraction of sp³-hybridized carbons (Fsp3) is 0.0455.